The van der Waals surface area contributed by atoms with Crippen molar-refractivity contribution >= 4 is 17.7 Å². The van der Waals surface area contributed by atoms with Crippen molar-refractivity contribution in [3.63, 3.8) is 0 Å². The molecule has 1 aliphatic rings. The van der Waals surface area contributed by atoms with Gasteiger partial charge in [-0.2, -0.15) is 11.8 Å². The van der Waals surface area contributed by atoms with E-state index in [2.05, 4.69) is 28.8 Å². The summed E-state index contributed by atoms with van der Waals surface area (Å²) in [6, 6.07) is 2.23. The van der Waals surface area contributed by atoms with Gasteiger partial charge in [-0.25, -0.2) is 9.97 Å². The first-order chi connectivity index (χ1) is 10.2. The molecule has 0 bridgehead atoms. The lowest BCUT2D eigenvalue weighted by molar-refractivity contribution is -0.129. The molecule has 2 atom stereocenters. The Hall–Kier alpha value is -1.14. The highest BCUT2D eigenvalue weighted by atomic mass is 32.2. The highest BCUT2D eigenvalue weighted by Crippen LogP contribution is 2.21. The molecule has 0 saturated carbocycles. The van der Waals surface area contributed by atoms with Crippen LogP contribution in [0.4, 0.5) is 0 Å². The van der Waals surface area contributed by atoms with Crippen molar-refractivity contribution in [2.75, 3.05) is 26.4 Å². The van der Waals surface area contributed by atoms with E-state index in [1.165, 1.54) is 0 Å². The fraction of sp³-hybridized carbons (Fsp3) is 0.667. The molecule has 0 unspecified atom stereocenters. The summed E-state index contributed by atoms with van der Waals surface area (Å²) < 4.78 is 0. The van der Waals surface area contributed by atoms with Crippen LogP contribution in [0.15, 0.2) is 18.5 Å². The number of aromatic nitrogens is 2. The molecular weight excluding hydrogens is 284 g/mol. The van der Waals surface area contributed by atoms with Crippen LogP contribution in [-0.2, 0) is 11.3 Å². The lowest BCUT2D eigenvalue weighted by Crippen LogP contribution is -2.39. The van der Waals surface area contributed by atoms with Crippen molar-refractivity contribution in [2.24, 2.45) is 0 Å². The number of carbonyl (C=O) groups excluding carboxylic acids is 1. The van der Waals surface area contributed by atoms with Gasteiger partial charge >= 0.3 is 0 Å². The average molecular weight is 308 g/mol. The third-order valence-electron chi connectivity index (χ3n) is 4.04. The molecule has 21 heavy (non-hydrogen) atoms. The number of hydrogen-bond acceptors (Lipinski definition) is 5. The fourth-order valence-electron chi connectivity index (χ4n) is 2.71. The predicted molar refractivity (Wildman–Crippen MR) is 86.1 cm³/mol. The lowest BCUT2D eigenvalue weighted by Gasteiger charge is -2.25. The first kappa shape index (κ1) is 16.2. The number of likely N-dealkylation sites (N-methyl/N-ethyl adjacent to an activating group) is 1. The Morgan fingerprint density at radius 1 is 1.52 bits per heavy atom. The summed E-state index contributed by atoms with van der Waals surface area (Å²) in [5.74, 6) is 1.12. The second-order valence-corrected chi connectivity index (χ2v) is 6.48. The number of hydrogen-bond donors (Lipinski definition) is 0. The van der Waals surface area contributed by atoms with Crippen LogP contribution in [0.2, 0.25) is 0 Å². The van der Waals surface area contributed by atoms with Crippen LogP contribution in [0.3, 0.4) is 0 Å². The van der Waals surface area contributed by atoms with Crippen LogP contribution in [0, 0.1) is 0 Å². The van der Waals surface area contributed by atoms with Gasteiger partial charge < -0.3 is 4.90 Å². The first-order valence-corrected chi connectivity index (χ1v) is 8.72. The Labute approximate surface area is 131 Å². The molecule has 0 radical (unpaired) electrons. The van der Waals surface area contributed by atoms with Crippen LogP contribution in [0.25, 0.3) is 0 Å². The lowest BCUT2D eigenvalue weighted by atomic mass is 10.2. The predicted octanol–water partition coefficient (Wildman–Crippen LogP) is 1.65. The molecule has 1 aromatic rings. The molecule has 1 aromatic heterocycles. The number of thioether (sulfide) groups is 1. The molecule has 1 fully saturated rings. The van der Waals surface area contributed by atoms with Crippen molar-refractivity contribution < 1.29 is 4.79 Å². The Morgan fingerprint density at radius 3 is 2.86 bits per heavy atom. The molecule has 0 N–H and O–H groups in total. The van der Waals surface area contributed by atoms with Gasteiger partial charge in [0.15, 0.2) is 0 Å². The van der Waals surface area contributed by atoms with Crippen molar-refractivity contribution in [1.29, 1.82) is 0 Å². The quantitative estimate of drug-likeness (QED) is 0.800. The van der Waals surface area contributed by atoms with Crippen LogP contribution in [0.5, 0.6) is 0 Å². The monoisotopic (exact) mass is 308 g/mol. The van der Waals surface area contributed by atoms with Crippen LogP contribution in [0.1, 0.15) is 25.6 Å². The minimum atomic E-state index is 0.103. The maximum atomic E-state index is 12.4. The number of nitrogens with zero attached hydrogens (tertiary/aromatic N) is 4. The molecule has 0 aromatic carbocycles. The minimum absolute atomic E-state index is 0.103. The Morgan fingerprint density at radius 2 is 2.24 bits per heavy atom. The number of amides is 1. The smallest absolute Gasteiger partial charge is 0.235 e. The van der Waals surface area contributed by atoms with Gasteiger partial charge in [-0.3, -0.25) is 9.69 Å². The van der Waals surface area contributed by atoms with Gasteiger partial charge in [0.25, 0.3) is 0 Å². The van der Waals surface area contributed by atoms with Gasteiger partial charge in [-0.1, -0.05) is 6.92 Å². The van der Waals surface area contributed by atoms with E-state index >= 15 is 0 Å². The highest BCUT2D eigenvalue weighted by molar-refractivity contribution is 7.99. The minimum Gasteiger partial charge on any atom is -0.340 e. The zero-order valence-electron chi connectivity index (χ0n) is 13.0. The summed E-state index contributed by atoms with van der Waals surface area (Å²) >= 11 is 1.65. The van der Waals surface area contributed by atoms with Crippen LogP contribution >= 0.6 is 11.8 Å². The zero-order chi connectivity index (χ0) is 15.2. The normalized spacial score (nSPS) is 20.0. The molecule has 1 amide bonds. The average Bonchev–Trinajstić information content (AvgIpc) is 2.99. The molecule has 1 aliphatic heterocycles. The zero-order valence-corrected chi connectivity index (χ0v) is 13.8. The highest BCUT2D eigenvalue weighted by Gasteiger charge is 2.31. The van der Waals surface area contributed by atoms with E-state index in [0.717, 1.165) is 38.3 Å². The van der Waals surface area contributed by atoms with E-state index < -0.39 is 0 Å². The second-order valence-electron chi connectivity index (χ2n) is 5.44. The van der Waals surface area contributed by atoms with Crippen LogP contribution < -0.4 is 0 Å². The fourth-order valence-corrected chi connectivity index (χ4v) is 3.40. The molecular formula is C15H24N4OS. The van der Waals surface area contributed by atoms with E-state index in [-0.39, 0.29) is 11.2 Å². The van der Waals surface area contributed by atoms with E-state index in [4.69, 9.17) is 0 Å². The summed E-state index contributed by atoms with van der Waals surface area (Å²) in [5.41, 5.74) is 0. The summed E-state index contributed by atoms with van der Waals surface area (Å²) in [5, 5.41) is 0.103. The maximum Gasteiger partial charge on any atom is 0.235 e. The van der Waals surface area contributed by atoms with E-state index in [9.17, 15) is 4.79 Å². The van der Waals surface area contributed by atoms with Crippen molar-refractivity contribution in [3.8, 4) is 0 Å². The molecule has 5 nitrogen and oxygen atoms in total. The van der Waals surface area contributed by atoms with Crippen molar-refractivity contribution in [3.05, 3.63) is 24.3 Å². The maximum absolute atomic E-state index is 12.4. The van der Waals surface area contributed by atoms with Gasteiger partial charge in [0.05, 0.1) is 11.8 Å². The molecule has 0 aliphatic carbocycles. The standard InChI is InChI=1S/C15H24N4OS/c1-4-13(21-3)15(20)19-9-6-12(10-19)18(2)11-14-16-7-5-8-17-14/h5,7-8,12-13H,4,6,9-11H2,1-3H3/t12-,13-/m0/s1. The SMILES string of the molecule is CC[C@H](SC)C(=O)N1CC[C@H](N(C)Cc2ncccn2)C1. The molecule has 0 spiro atoms. The van der Waals surface area contributed by atoms with Crippen molar-refractivity contribution in [1.82, 2.24) is 19.8 Å². The third kappa shape index (κ3) is 4.17. The van der Waals surface area contributed by atoms with Gasteiger partial charge in [-0.05, 0) is 32.2 Å². The summed E-state index contributed by atoms with van der Waals surface area (Å²) in [6.45, 7) is 4.48. The Balaban J connectivity index is 1.88. The largest absolute Gasteiger partial charge is 0.340 e. The Bertz CT molecular complexity index is 452. The summed E-state index contributed by atoms with van der Waals surface area (Å²) in [7, 11) is 2.08. The third-order valence-corrected chi connectivity index (χ3v) is 5.14. The number of likely N-dealkylation sites (tertiary alicyclic amines) is 1. The van der Waals surface area contributed by atoms with Gasteiger partial charge in [0.2, 0.25) is 5.91 Å². The summed E-state index contributed by atoms with van der Waals surface area (Å²) in [4.78, 5) is 25.2. The number of rotatable bonds is 6. The van der Waals surface area contributed by atoms with E-state index in [0.29, 0.717) is 6.04 Å². The molecule has 2 rings (SSSR count). The second kappa shape index (κ2) is 7.75. The van der Waals surface area contributed by atoms with Crippen LogP contribution in [-0.4, -0.2) is 63.4 Å². The van der Waals surface area contributed by atoms with Gasteiger partial charge in [0, 0.05) is 31.5 Å². The number of carbonyl (C=O) groups is 1. The first-order valence-electron chi connectivity index (χ1n) is 7.43. The van der Waals surface area contributed by atoms with Gasteiger partial charge in [0.1, 0.15) is 5.82 Å². The molecule has 2 heterocycles. The van der Waals surface area contributed by atoms with Gasteiger partial charge in [-0.15, -0.1) is 0 Å². The van der Waals surface area contributed by atoms with E-state index in [1.807, 2.05) is 17.2 Å². The Kier molecular flexibility index (Phi) is 5.99. The molecule has 116 valence electrons. The van der Waals surface area contributed by atoms with Crippen molar-refractivity contribution in [2.45, 2.75) is 37.6 Å². The summed E-state index contributed by atoms with van der Waals surface area (Å²) in [6.07, 6.45) is 7.48. The molecule has 1 saturated heterocycles. The van der Waals surface area contributed by atoms with E-state index in [1.54, 1.807) is 24.2 Å². The topological polar surface area (TPSA) is 49.3 Å². The molecule has 6 heteroatoms.